The number of fused-ring (bicyclic) bond motifs is 1. The van der Waals surface area contributed by atoms with Crippen LogP contribution in [0.3, 0.4) is 0 Å². The zero-order chi connectivity index (χ0) is 10.8. The lowest BCUT2D eigenvalue weighted by molar-refractivity contribution is -0.118. The third-order valence-electron chi connectivity index (χ3n) is 2.57. The Morgan fingerprint density at radius 1 is 1.40 bits per heavy atom. The number of carbonyl (C=O) groups excluding carboxylic acids is 1. The van der Waals surface area contributed by atoms with Crippen LogP contribution in [0.15, 0.2) is 23.1 Å². The van der Waals surface area contributed by atoms with Gasteiger partial charge in [0.25, 0.3) is 0 Å². The van der Waals surface area contributed by atoms with Crippen molar-refractivity contribution < 1.29 is 9.18 Å². The van der Waals surface area contributed by atoms with Crippen molar-refractivity contribution in [2.24, 2.45) is 0 Å². The molecule has 0 bridgehead atoms. The number of hydrogen-bond acceptors (Lipinski definition) is 2. The summed E-state index contributed by atoms with van der Waals surface area (Å²) in [5.41, 5.74) is 1.91. The monoisotopic (exact) mass is 225 g/mol. The number of carbonyl (C=O) groups is 1. The molecule has 2 rings (SSSR count). The van der Waals surface area contributed by atoms with Gasteiger partial charge in [-0.2, -0.15) is 0 Å². The van der Waals surface area contributed by atoms with E-state index in [-0.39, 0.29) is 12.5 Å². The quantitative estimate of drug-likeness (QED) is 0.765. The standard InChI is InChI=1S/C11H12FNOS/c12-5-6-13-10-3-2-9(15)7-8(10)1-4-11(13)14/h2-3,7,15H,1,4-6H2. The van der Waals surface area contributed by atoms with Gasteiger partial charge in [-0.25, -0.2) is 4.39 Å². The van der Waals surface area contributed by atoms with E-state index in [0.717, 1.165) is 22.6 Å². The number of halogens is 1. The van der Waals surface area contributed by atoms with Crippen LogP contribution in [-0.4, -0.2) is 19.1 Å². The molecule has 0 saturated heterocycles. The first-order chi connectivity index (χ1) is 7.22. The first kappa shape index (κ1) is 10.5. The summed E-state index contributed by atoms with van der Waals surface area (Å²) in [7, 11) is 0. The number of amides is 1. The number of benzene rings is 1. The first-order valence-corrected chi connectivity index (χ1v) is 5.35. The summed E-state index contributed by atoms with van der Waals surface area (Å²) in [4.78, 5) is 14.0. The molecule has 0 saturated carbocycles. The van der Waals surface area contributed by atoms with Gasteiger partial charge in [0.05, 0.1) is 6.54 Å². The third-order valence-corrected chi connectivity index (χ3v) is 2.85. The summed E-state index contributed by atoms with van der Waals surface area (Å²) >= 11 is 4.25. The summed E-state index contributed by atoms with van der Waals surface area (Å²) in [6.45, 7) is -0.356. The van der Waals surface area contributed by atoms with E-state index >= 15 is 0 Å². The van der Waals surface area contributed by atoms with E-state index in [9.17, 15) is 9.18 Å². The highest BCUT2D eigenvalue weighted by Crippen LogP contribution is 2.29. The molecule has 80 valence electrons. The van der Waals surface area contributed by atoms with Crippen molar-refractivity contribution in [3.8, 4) is 0 Å². The molecule has 15 heavy (non-hydrogen) atoms. The molecular weight excluding hydrogens is 213 g/mol. The van der Waals surface area contributed by atoms with Crippen LogP contribution in [0.2, 0.25) is 0 Å². The Morgan fingerprint density at radius 3 is 2.93 bits per heavy atom. The van der Waals surface area contributed by atoms with Gasteiger partial charge in [-0.05, 0) is 30.2 Å². The fourth-order valence-corrected chi connectivity index (χ4v) is 2.11. The molecule has 4 heteroatoms. The normalized spacial score (nSPS) is 15.3. The van der Waals surface area contributed by atoms with Crippen molar-refractivity contribution in [3.63, 3.8) is 0 Å². The van der Waals surface area contributed by atoms with Gasteiger partial charge in [-0.15, -0.1) is 12.6 Å². The van der Waals surface area contributed by atoms with Crippen molar-refractivity contribution in [2.45, 2.75) is 17.7 Å². The van der Waals surface area contributed by atoms with E-state index in [1.54, 1.807) is 0 Å². The fourth-order valence-electron chi connectivity index (χ4n) is 1.88. The number of alkyl halides is 1. The largest absolute Gasteiger partial charge is 0.310 e. The molecular formula is C11H12FNOS. The summed E-state index contributed by atoms with van der Waals surface area (Å²) < 4.78 is 12.3. The van der Waals surface area contributed by atoms with Crippen molar-refractivity contribution in [1.82, 2.24) is 0 Å². The van der Waals surface area contributed by atoms with Crippen LogP contribution < -0.4 is 4.90 Å². The smallest absolute Gasteiger partial charge is 0.227 e. The maximum Gasteiger partial charge on any atom is 0.227 e. The molecule has 1 aliphatic rings. The van der Waals surface area contributed by atoms with Gasteiger partial charge >= 0.3 is 0 Å². The minimum atomic E-state index is -0.506. The first-order valence-electron chi connectivity index (χ1n) is 4.90. The van der Waals surface area contributed by atoms with Gasteiger partial charge in [0.1, 0.15) is 6.67 Å². The highest BCUT2D eigenvalue weighted by Gasteiger charge is 2.23. The predicted molar refractivity (Wildman–Crippen MR) is 60.3 cm³/mol. The molecule has 0 radical (unpaired) electrons. The molecule has 1 amide bonds. The molecule has 0 atom stereocenters. The Morgan fingerprint density at radius 2 is 2.20 bits per heavy atom. The predicted octanol–water partition coefficient (Wildman–Crippen LogP) is 2.22. The molecule has 0 fully saturated rings. The number of nitrogens with zero attached hydrogens (tertiary/aromatic N) is 1. The second-order valence-corrected chi connectivity index (χ2v) is 4.06. The summed E-state index contributed by atoms with van der Waals surface area (Å²) in [6, 6.07) is 5.60. The molecule has 1 heterocycles. The summed E-state index contributed by atoms with van der Waals surface area (Å²) in [5, 5.41) is 0. The van der Waals surface area contributed by atoms with Gasteiger partial charge < -0.3 is 4.90 Å². The minimum Gasteiger partial charge on any atom is -0.310 e. The zero-order valence-corrected chi connectivity index (χ0v) is 9.14. The van der Waals surface area contributed by atoms with Gasteiger partial charge in [0.15, 0.2) is 0 Å². The molecule has 2 nitrogen and oxygen atoms in total. The van der Waals surface area contributed by atoms with Crippen LogP contribution >= 0.6 is 12.6 Å². The van der Waals surface area contributed by atoms with E-state index in [2.05, 4.69) is 12.6 Å². The number of anilines is 1. The molecule has 1 aliphatic heterocycles. The average molecular weight is 225 g/mol. The second kappa shape index (κ2) is 4.23. The number of rotatable bonds is 2. The van der Waals surface area contributed by atoms with Crippen LogP contribution in [0, 0.1) is 0 Å². The van der Waals surface area contributed by atoms with Crippen LogP contribution in [0.1, 0.15) is 12.0 Å². The second-order valence-electron chi connectivity index (χ2n) is 3.55. The molecule has 1 aromatic rings. The highest BCUT2D eigenvalue weighted by molar-refractivity contribution is 7.80. The maximum absolute atomic E-state index is 12.3. The molecule has 0 unspecified atom stereocenters. The Balaban J connectivity index is 2.39. The highest BCUT2D eigenvalue weighted by atomic mass is 32.1. The Hall–Kier alpha value is -1.03. The third kappa shape index (κ3) is 2.00. The average Bonchev–Trinajstić information content (AvgIpc) is 2.22. The Bertz CT molecular complexity index is 394. The Labute approximate surface area is 93.5 Å². The van der Waals surface area contributed by atoms with Gasteiger partial charge in [-0.3, -0.25) is 4.79 Å². The zero-order valence-electron chi connectivity index (χ0n) is 8.24. The van der Waals surface area contributed by atoms with Crippen molar-refractivity contribution in [2.75, 3.05) is 18.1 Å². The molecule has 0 spiro atoms. The van der Waals surface area contributed by atoms with Crippen LogP contribution in [-0.2, 0) is 11.2 Å². The van der Waals surface area contributed by atoms with Crippen molar-refractivity contribution >= 4 is 24.2 Å². The van der Waals surface area contributed by atoms with Crippen LogP contribution in [0.4, 0.5) is 10.1 Å². The molecule has 0 aromatic heterocycles. The number of thiol groups is 1. The lowest BCUT2D eigenvalue weighted by Crippen LogP contribution is -2.36. The minimum absolute atomic E-state index is 0.00654. The van der Waals surface area contributed by atoms with E-state index in [0.29, 0.717) is 6.42 Å². The van der Waals surface area contributed by atoms with Gasteiger partial charge in [0.2, 0.25) is 5.91 Å². The molecule has 0 N–H and O–H groups in total. The fraction of sp³-hybridized carbons (Fsp3) is 0.364. The summed E-state index contributed by atoms with van der Waals surface area (Å²) in [5.74, 6) is 0.00654. The van der Waals surface area contributed by atoms with E-state index in [1.165, 1.54) is 4.90 Å². The topological polar surface area (TPSA) is 20.3 Å². The van der Waals surface area contributed by atoms with Crippen LogP contribution in [0.5, 0.6) is 0 Å². The molecule has 1 aromatic carbocycles. The van der Waals surface area contributed by atoms with E-state index in [4.69, 9.17) is 0 Å². The van der Waals surface area contributed by atoms with Gasteiger partial charge in [-0.1, -0.05) is 0 Å². The SMILES string of the molecule is O=C1CCc2cc(S)ccc2N1CCF. The van der Waals surface area contributed by atoms with E-state index < -0.39 is 6.67 Å². The molecule has 0 aliphatic carbocycles. The lowest BCUT2D eigenvalue weighted by Gasteiger charge is -2.28. The summed E-state index contributed by atoms with van der Waals surface area (Å²) in [6.07, 6.45) is 1.19. The lowest BCUT2D eigenvalue weighted by atomic mass is 10.0. The van der Waals surface area contributed by atoms with Crippen molar-refractivity contribution in [1.29, 1.82) is 0 Å². The Kier molecular flexibility index (Phi) is 2.95. The number of aryl methyl sites for hydroxylation is 1. The van der Waals surface area contributed by atoms with E-state index in [1.807, 2.05) is 18.2 Å². The van der Waals surface area contributed by atoms with Crippen molar-refractivity contribution in [3.05, 3.63) is 23.8 Å². The number of hydrogen-bond donors (Lipinski definition) is 1. The van der Waals surface area contributed by atoms with Gasteiger partial charge in [0, 0.05) is 17.0 Å². The van der Waals surface area contributed by atoms with Crippen LogP contribution in [0.25, 0.3) is 0 Å². The maximum atomic E-state index is 12.3.